The highest BCUT2D eigenvalue weighted by Gasteiger charge is 2.42. The molecular formula is C19H10ClF6N5. The second-order valence-corrected chi connectivity index (χ2v) is 6.73. The van der Waals surface area contributed by atoms with Gasteiger partial charge >= 0.3 is 6.18 Å². The third-order valence-electron chi connectivity index (χ3n) is 4.38. The van der Waals surface area contributed by atoms with Crippen molar-refractivity contribution in [2.45, 2.75) is 12.2 Å². The molecule has 31 heavy (non-hydrogen) atoms. The molecule has 1 atom stereocenters. The van der Waals surface area contributed by atoms with E-state index in [1.807, 2.05) is 0 Å². The van der Waals surface area contributed by atoms with Crippen LogP contribution in [0.2, 0.25) is 5.15 Å². The van der Waals surface area contributed by atoms with Gasteiger partial charge in [-0.05, 0) is 5.56 Å². The van der Waals surface area contributed by atoms with Gasteiger partial charge < -0.3 is 5.32 Å². The van der Waals surface area contributed by atoms with Crippen LogP contribution >= 0.6 is 11.6 Å². The fourth-order valence-corrected chi connectivity index (χ4v) is 3.35. The van der Waals surface area contributed by atoms with Crippen LogP contribution in [-0.4, -0.2) is 25.8 Å². The lowest BCUT2D eigenvalue weighted by molar-refractivity contribution is -0.144. The number of nitrogens with one attached hydrogen (secondary N) is 1. The average molecular weight is 458 g/mol. The van der Waals surface area contributed by atoms with Crippen molar-refractivity contribution in [2.75, 3.05) is 5.32 Å². The summed E-state index contributed by atoms with van der Waals surface area (Å²) in [5, 5.41) is 5.46. The second kappa shape index (κ2) is 7.73. The normalized spacial score (nSPS) is 12.9. The number of fused-ring (bicyclic) bond motifs is 1. The van der Waals surface area contributed by atoms with Gasteiger partial charge in [0.25, 0.3) is 5.78 Å². The number of aromatic nitrogens is 4. The average Bonchev–Trinajstić information content (AvgIpc) is 3.14. The molecule has 5 nitrogen and oxygen atoms in total. The first kappa shape index (κ1) is 20.9. The largest absolute Gasteiger partial charge is 0.412 e. The molecule has 2 aromatic heterocycles. The highest BCUT2D eigenvalue weighted by Crippen LogP contribution is 2.42. The lowest BCUT2D eigenvalue weighted by Crippen LogP contribution is -2.29. The van der Waals surface area contributed by atoms with Crippen LogP contribution in [0.1, 0.15) is 11.6 Å². The lowest BCUT2D eigenvalue weighted by Gasteiger charge is -2.25. The molecule has 0 fully saturated rings. The Labute approximate surface area is 175 Å². The van der Waals surface area contributed by atoms with E-state index in [4.69, 9.17) is 11.6 Å². The molecule has 12 heteroatoms. The predicted molar refractivity (Wildman–Crippen MR) is 100.0 cm³/mol. The van der Waals surface area contributed by atoms with Gasteiger partial charge in [0.05, 0.1) is 11.1 Å². The smallest absolute Gasteiger partial charge is 0.354 e. The Morgan fingerprint density at radius 3 is 2.23 bits per heavy atom. The molecule has 0 aliphatic heterocycles. The summed E-state index contributed by atoms with van der Waals surface area (Å²) in [6.07, 6.45) is -3.84. The number of alkyl halides is 3. The summed E-state index contributed by atoms with van der Waals surface area (Å²) in [6, 6.07) is 5.25. The topological polar surface area (TPSA) is 55.1 Å². The van der Waals surface area contributed by atoms with Crippen molar-refractivity contribution in [1.29, 1.82) is 0 Å². The number of halogens is 7. The van der Waals surface area contributed by atoms with Gasteiger partial charge in [-0.15, -0.1) is 0 Å². The Bertz CT molecular complexity index is 1240. The standard InChI is InChI=1S/C19H10ClF6N5/c20-16-14(13-11(22)6-10(21)7-12(13)23)17(31-18(30-16)27-8-28-31)29-15(19(24,25)26)9-4-2-1-3-5-9/h1-8,15,29H. The molecule has 2 heterocycles. The maximum absolute atomic E-state index is 14.5. The number of rotatable bonds is 4. The molecule has 0 radical (unpaired) electrons. The number of benzene rings is 2. The molecule has 4 aromatic rings. The van der Waals surface area contributed by atoms with Gasteiger partial charge in [-0.3, -0.25) is 0 Å². The number of hydrogen-bond acceptors (Lipinski definition) is 4. The van der Waals surface area contributed by atoms with E-state index in [-0.39, 0.29) is 11.3 Å². The van der Waals surface area contributed by atoms with Crippen LogP contribution in [0.3, 0.4) is 0 Å². The molecule has 0 amide bonds. The van der Waals surface area contributed by atoms with E-state index in [1.54, 1.807) is 0 Å². The van der Waals surface area contributed by atoms with Crippen molar-refractivity contribution in [3.8, 4) is 11.1 Å². The minimum atomic E-state index is -4.82. The summed E-state index contributed by atoms with van der Waals surface area (Å²) in [4.78, 5) is 7.59. The Morgan fingerprint density at radius 2 is 1.61 bits per heavy atom. The quantitative estimate of drug-likeness (QED) is 0.321. The Kier molecular flexibility index (Phi) is 5.21. The lowest BCUT2D eigenvalue weighted by atomic mass is 10.0. The molecular weight excluding hydrogens is 448 g/mol. The van der Waals surface area contributed by atoms with Crippen molar-refractivity contribution in [2.24, 2.45) is 0 Å². The van der Waals surface area contributed by atoms with E-state index in [0.717, 1.165) is 10.8 Å². The zero-order valence-corrected chi connectivity index (χ0v) is 15.9. The molecule has 4 rings (SSSR count). The first-order valence-corrected chi connectivity index (χ1v) is 8.97. The van der Waals surface area contributed by atoms with Crippen molar-refractivity contribution < 1.29 is 26.3 Å². The van der Waals surface area contributed by atoms with Gasteiger partial charge in [0.15, 0.2) is 0 Å². The second-order valence-electron chi connectivity index (χ2n) is 6.37. The van der Waals surface area contributed by atoms with Gasteiger partial charge in [0.1, 0.15) is 40.8 Å². The zero-order valence-electron chi connectivity index (χ0n) is 15.1. The van der Waals surface area contributed by atoms with E-state index >= 15 is 0 Å². The van der Waals surface area contributed by atoms with Crippen LogP contribution in [0.15, 0.2) is 48.8 Å². The van der Waals surface area contributed by atoms with Crippen LogP contribution < -0.4 is 5.32 Å². The minimum absolute atomic E-state index is 0.179. The van der Waals surface area contributed by atoms with Crippen LogP contribution in [0.5, 0.6) is 0 Å². The van der Waals surface area contributed by atoms with E-state index in [2.05, 4.69) is 20.4 Å². The van der Waals surface area contributed by atoms with E-state index in [1.165, 1.54) is 30.3 Å². The molecule has 0 aliphatic carbocycles. The fraction of sp³-hybridized carbons (Fsp3) is 0.105. The van der Waals surface area contributed by atoms with Gasteiger partial charge in [0, 0.05) is 12.1 Å². The Morgan fingerprint density at radius 1 is 0.968 bits per heavy atom. The van der Waals surface area contributed by atoms with Crippen molar-refractivity contribution in [3.63, 3.8) is 0 Å². The van der Waals surface area contributed by atoms with Gasteiger partial charge in [0.2, 0.25) is 0 Å². The molecule has 0 saturated heterocycles. The van der Waals surface area contributed by atoms with Crippen LogP contribution in [0, 0.1) is 17.5 Å². The summed E-state index contributed by atoms with van der Waals surface area (Å²) in [5.74, 6) is -4.72. The molecule has 0 aliphatic rings. The predicted octanol–water partition coefficient (Wildman–Crippen LogP) is 5.58. The zero-order chi connectivity index (χ0) is 22.3. The minimum Gasteiger partial charge on any atom is -0.354 e. The first-order chi connectivity index (χ1) is 14.7. The third-order valence-corrected chi connectivity index (χ3v) is 4.65. The van der Waals surface area contributed by atoms with E-state index < -0.39 is 51.8 Å². The third kappa shape index (κ3) is 3.88. The van der Waals surface area contributed by atoms with E-state index in [0.29, 0.717) is 12.1 Å². The van der Waals surface area contributed by atoms with Gasteiger partial charge in [-0.25, -0.2) is 13.2 Å². The Hall–Kier alpha value is -3.34. The maximum atomic E-state index is 14.5. The summed E-state index contributed by atoms with van der Waals surface area (Å²) < 4.78 is 85.0. The summed E-state index contributed by atoms with van der Waals surface area (Å²) in [7, 11) is 0. The fourth-order valence-electron chi connectivity index (χ4n) is 3.09. The first-order valence-electron chi connectivity index (χ1n) is 8.59. The molecule has 2 aromatic carbocycles. The van der Waals surface area contributed by atoms with Crippen LogP contribution in [0.4, 0.5) is 32.2 Å². The number of anilines is 1. The summed E-state index contributed by atoms with van der Waals surface area (Å²) in [5.41, 5.74) is -1.62. The molecule has 0 saturated carbocycles. The molecule has 1 N–H and O–H groups in total. The van der Waals surface area contributed by atoms with Gasteiger partial charge in [-0.1, -0.05) is 41.9 Å². The highest BCUT2D eigenvalue weighted by molar-refractivity contribution is 6.33. The maximum Gasteiger partial charge on any atom is 0.412 e. The number of hydrogen-bond donors (Lipinski definition) is 1. The molecule has 0 bridgehead atoms. The van der Waals surface area contributed by atoms with Crippen molar-refractivity contribution >= 4 is 23.2 Å². The van der Waals surface area contributed by atoms with Crippen LogP contribution in [-0.2, 0) is 0 Å². The molecule has 1 unspecified atom stereocenters. The molecule has 0 spiro atoms. The summed E-state index contributed by atoms with van der Waals surface area (Å²) >= 11 is 6.09. The van der Waals surface area contributed by atoms with Crippen LogP contribution in [0.25, 0.3) is 16.9 Å². The molecule has 160 valence electrons. The van der Waals surface area contributed by atoms with Gasteiger partial charge in [-0.2, -0.15) is 32.8 Å². The summed E-state index contributed by atoms with van der Waals surface area (Å²) in [6.45, 7) is 0. The SMILES string of the molecule is Fc1cc(F)c(-c2c(Cl)nc3ncnn3c2NC(c2ccccc2)C(F)(F)F)c(F)c1. The monoisotopic (exact) mass is 457 g/mol. The van der Waals surface area contributed by atoms with Crippen molar-refractivity contribution in [3.05, 3.63) is 77.0 Å². The highest BCUT2D eigenvalue weighted by atomic mass is 35.5. The van der Waals surface area contributed by atoms with Crippen molar-refractivity contribution in [1.82, 2.24) is 19.6 Å². The van der Waals surface area contributed by atoms with E-state index in [9.17, 15) is 26.3 Å². The Balaban J connectivity index is 1.99. The number of nitrogens with zero attached hydrogens (tertiary/aromatic N) is 4.